The number of nitrogens with zero attached hydrogens (tertiary/aromatic N) is 1. The van der Waals surface area contributed by atoms with Crippen LogP contribution in [-0.4, -0.2) is 40.8 Å². The summed E-state index contributed by atoms with van der Waals surface area (Å²) in [6, 6.07) is -1.05. The summed E-state index contributed by atoms with van der Waals surface area (Å²) in [6.07, 6.45) is -0.516. The van der Waals surface area contributed by atoms with Crippen LogP contribution in [0.25, 0.3) is 0 Å². The van der Waals surface area contributed by atoms with Gasteiger partial charge in [-0.05, 0) is 12.8 Å². The van der Waals surface area contributed by atoms with Gasteiger partial charge in [-0.3, -0.25) is 9.79 Å². The van der Waals surface area contributed by atoms with Crippen LogP contribution in [0.1, 0.15) is 12.8 Å². The molecule has 0 aliphatic carbocycles. The Balaban J connectivity index is 3.70. The molecule has 7 nitrogen and oxygen atoms in total. The van der Waals surface area contributed by atoms with Crippen molar-refractivity contribution < 1.29 is 15.0 Å². The molecule has 0 saturated heterocycles. The first-order valence-corrected chi connectivity index (χ1v) is 4.15. The van der Waals surface area contributed by atoms with Crippen LogP contribution in [0.2, 0.25) is 0 Å². The van der Waals surface area contributed by atoms with Gasteiger partial charge in [0.1, 0.15) is 6.04 Å². The van der Waals surface area contributed by atoms with Crippen molar-refractivity contribution in [3.63, 3.8) is 0 Å². The van der Waals surface area contributed by atoms with Crippen LogP contribution in [0.15, 0.2) is 4.99 Å². The van der Waals surface area contributed by atoms with Crippen LogP contribution in [0.3, 0.4) is 0 Å². The van der Waals surface area contributed by atoms with Crippen LogP contribution in [-0.2, 0) is 4.79 Å². The smallest absolute Gasteiger partial charge is 0.320 e. The van der Waals surface area contributed by atoms with Crippen molar-refractivity contribution in [3.05, 3.63) is 0 Å². The Kier molecular flexibility index (Phi) is 5.58. The molecule has 2 atom stereocenters. The molecule has 0 aliphatic heterocycles. The van der Waals surface area contributed by atoms with E-state index in [2.05, 4.69) is 4.99 Å². The largest absolute Gasteiger partial charge is 0.480 e. The zero-order valence-electron chi connectivity index (χ0n) is 7.76. The van der Waals surface area contributed by atoms with Gasteiger partial charge in [0, 0.05) is 6.54 Å². The topological polar surface area (TPSA) is 148 Å². The van der Waals surface area contributed by atoms with Crippen LogP contribution >= 0.6 is 0 Å². The number of hydrogen-bond donors (Lipinski definition) is 5. The molecule has 0 amide bonds. The molecule has 0 bridgehead atoms. The van der Waals surface area contributed by atoms with Crippen LogP contribution in [0, 0.1) is 0 Å². The minimum absolute atomic E-state index is 0.00463. The molecule has 0 aromatic heterocycles. The Morgan fingerprint density at radius 2 is 2.00 bits per heavy atom. The van der Waals surface area contributed by atoms with Crippen molar-refractivity contribution in [1.82, 2.24) is 0 Å². The first-order chi connectivity index (χ1) is 6.43. The number of aliphatic hydroxyl groups is 1. The molecule has 8 N–H and O–H groups in total. The molecule has 0 spiro atoms. The van der Waals surface area contributed by atoms with E-state index in [1.807, 2.05) is 0 Å². The molecule has 0 aromatic carbocycles. The van der Waals surface area contributed by atoms with Crippen molar-refractivity contribution in [1.29, 1.82) is 0 Å². The van der Waals surface area contributed by atoms with Gasteiger partial charge in [-0.25, -0.2) is 0 Å². The van der Waals surface area contributed by atoms with E-state index < -0.39 is 18.1 Å². The Hall–Kier alpha value is -1.34. The lowest BCUT2D eigenvalue weighted by molar-refractivity contribution is -0.139. The fourth-order valence-corrected chi connectivity index (χ4v) is 0.854. The van der Waals surface area contributed by atoms with Gasteiger partial charge in [0.2, 0.25) is 0 Å². The average molecular weight is 204 g/mol. The number of hydrogen-bond acceptors (Lipinski definition) is 4. The third-order valence-corrected chi connectivity index (χ3v) is 1.60. The van der Waals surface area contributed by atoms with E-state index in [4.69, 9.17) is 22.3 Å². The molecule has 0 aromatic rings. The number of carbonyl (C=O) groups is 1. The van der Waals surface area contributed by atoms with Gasteiger partial charge in [-0.2, -0.15) is 0 Å². The van der Waals surface area contributed by atoms with Crippen molar-refractivity contribution in [2.24, 2.45) is 22.2 Å². The quantitative estimate of drug-likeness (QED) is 0.245. The Morgan fingerprint density at radius 1 is 1.43 bits per heavy atom. The first-order valence-electron chi connectivity index (χ1n) is 4.15. The predicted molar refractivity (Wildman–Crippen MR) is 51.5 cm³/mol. The van der Waals surface area contributed by atoms with Crippen LogP contribution in [0.4, 0.5) is 0 Å². The Morgan fingerprint density at radius 3 is 2.43 bits per heavy atom. The van der Waals surface area contributed by atoms with Gasteiger partial charge in [0.25, 0.3) is 0 Å². The Labute approximate surface area is 81.6 Å². The normalized spacial score (nSPS) is 14.4. The number of aliphatic carboxylic acids is 1. The molecular weight excluding hydrogens is 188 g/mol. The third kappa shape index (κ3) is 6.21. The van der Waals surface area contributed by atoms with E-state index in [1.54, 1.807) is 0 Å². The van der Waals surface area contributed by atoms with E-state index in [0.717, 1.165) is 0 Å². The zero-order chi connectivity index (χ0) is 11.1. The van der Waals surface area contributed by atoms with Gasteiger partial charge in [-0.15, -0.1) is 0 Å². The van der Waals surface area contributed by atoms with Gasteiger partial charge in [0.15, 0.2) is 5.96 Å². The molecule has 0 radical (unpaired) electrons. The van der Waals surface area contributed by atoms with Gasteiger partial charge >= 0.3 is 5.97 Å². The van der Waals surface area contributed by atoms with Gasteiger partial charge < -0.3 is 27.4 Å². The highest BCUT2D eigenvalue weighted by atomic mass is 16.4. The molecule has 0 saturated carbocycles. The lowest BCUT2D eigenvalue weighted by atomic mass is 10.1. The molecular formula is C7H16N4O3. The maximum Gasteiger partial charge on any atom is 0.320 e. The third-order valence-electron chi connectivity index (χ3n) is 1.60. The predicted octanol–water partition coefficient (Wildman–Crippen LogP) is -2.19. The van der Waals surface area contributed by atoms with Gasteiger partial charge in [-0.1, -0.05) is 0 Å². The maximum atomic E-state index is 10.3. The number of guanidine groups is 1. The van der Waals surface area contributed by atoms with Crippen molar-refractivity contribution in [3.8, 4) is 0 Å². The van der Waals surface area contributed by atoms with E-state index in [9.17, 15) is 9.90 Å². The summed E-state index contributed by atoms with van der Waals surface area (Å²) in [6.45, 7) is 0.260. The number of carboxylic acids is 1. The summed E-state index contributed by atoms with van der Waals surface area (Å²) in [5.74, 6) is -1.19. The van der Waals surface area contributed by atoms with E-state index in [-0.39, 0.29) is 18.9 Å². The summed E-state index contributed by atoms with van der Waals surface area (Å²) >= 11 is 0. The van der Waals surface area contributed by atoms with E-state index in [0.29, 0.717) is 6.42 Å². The number of carboxylic acid groups (broad SMARTS) is 1. The maximum absolute atomic E-state index is 10.3. The summed E-state index contributed by atoms with van der Waals surface area (Å²) in [5.41, 5.74) is 15.3. The van der Waals surface area contributed by atoms with Gasteiger partial charge in [0.05, 0.1) is 6.10 Å². The van der Waals surface area contributed by atoms with Crippen molar-refractivity contribution in [2.75, 3.05) is 6.54 Å². The standard InChI is InChI=1S/C7H16N4O3/c8-5(6(13)14)3-4(12)1-2-11-7(9)10/h4-5,12H,1-3,8H2,(H,13,14)(H4,9,10,11)/t4-,5+/m0/s1. The molecule has 0 aliphatic rings. The second-order valence-corrected chi connectivity index (χ2v) is 2.93. The summed E-state index contributed by atoms with van der Waals surface area (Å²) < 4.78 is 0. The number of aliphatic hydroxyl groups excluding tert-OH is 1. The number of nitrogens with two attached hydrogens (primary N) is 3. The zero-order valence-corrected chi connectivity index (χ0v) is 7.76. The fraction of sp³-hybridized carbons (Fsp3) is 0.714. The highest BCUT2D eigenvalue weighted by molar-refractivity contribution is 5.75. The molecule has 14 heavy (non-hydrogen) atoms. The minimum atomic E-state index is -1.13. The lowest BCUT2D eigenvalue weighted by Crippen LogP contribution is -2.34. The molecule has 0 fully saturated rings. The number of rotatable bonds is 6. The summed E-state index contributed by atoms with van der Waals surface area (Å²) in [5, 5.41) is 17.7. The highest BCUT2D eigenvalue weighted by Crippen LogP contribution is 2.01. The summed E-state index contributed by atoms with van der Waals surface area (Å²) in [4.78, 5) is 14.0. The average Bonchev–Trinajstić information content (AvgIpc) is 2.02. The SMILES string of the molecule is NC(N)=NCC[C@H](O)C[C@@H](N)C(=O)O. The second kappa shape index (κ2) is 6.17. The first kappa shape index (κ1) is 12.7. The highest BCUT2D eigenvalue weighted by Gasteiger charge is 2.16. The minimum Gasteiger partial charge on any atom is -0.480 e. The lowest BCUT2D eigenvalue weighted by Gasteiger charge is -2.11. The molecule has 82 valence electrons. The molecule has 0 heterocycles. The monoisotopic (exact) mass is 204 g/mol. The van der Waals surface area contributed by atoms with Crippen LogP contribution in [0.5, 0.6) is 0 Å². The van der Waals surface area contributed by atoms with E-state index in [1.165, 1.54) is 0 Å². The van der Waals surface area contributed by atoms with Crippen molar-refractivity contribution in [2.45, 2.75) is 25.0 Å². The molecule has 0 rings (SSSR count). The fourth-order valence-electron chi connectivity index (χ4n) is 0.854. The summed E-state index contributed by atoms with van der Waals surface area (Å²) in [7, 11) is 0. The number of aliphatic imine (C=N–C) groups is 1. The van der Waals surface area contributed by atoms with Crippen LogP contribution < -0.4 is 17.2 Å². The molecule has 0 unspecified atom stereocenters. The van der Waals surface area contributed by atoms with Crippen molar-refractivity contribution >= 4 is 11.9 Å². The second-order valence-electron chi connectivity index (χ2n) is 2.93. The molecule has 7 heteroatoms. The van der Waals surface area contributed by atoms with E-state index >= 15 is 0 Å². The Bertz CT molecular complexity index is 215.